The van der Waals surface area contributed by atoms with Crippen LogP contribution in [0.1, 0.15) is 44.2 Å². The maximum Gasteiger partial charge on any atom is 0.307 e. The number of aryl methyl sites for hydroxylation is 1. The molecule has 0 aromatic heterocycles. The minimum Gasteiger partial charge on any atom is -0.466 e. The van der Waals surface area contributed by atoms with Crippen LogP contribution in [-0.4, -0.2) is 50.2 Å². The second-order valence-corrected chi connectivity index (χ2v) is 6.08. The molecule has 25 heavy (non-hydrogen) atoms. The van der Waals surface area contributed by atoms with Gasteiger partial charge < -0.3 is 14.4 Å². The van der Waals surface area contributed by atoms with Gasteiger partial charge in [-0.3, -0.25) is 9.59 Å². The van der Waals surface area contributed by atoms with Crippen molar-refractivity contribution < 1.29 is 19.1 Å². The maximum absolute atomic E-state index is 11.3. The maximum atomic E-state index is 11.3. The summed E-state index contributed by atoms with van der Waals surface area (Å²) in [6.45, 7) is 6.15. The van der Waals surface area contributed by atoms with Crippen LogP contribution in [-0.2, 0) is 31.9 Å². The zero-order valence-electron chi connectivity index (χ0n) is 15.8. The number of hydrogen-bond acceptors (Lipinski definition) is 5. The Bertz CT molecular complexity index is 513. The minimum atomic E-state index is -0.137. The lowest BCUT2D eigenvalue weighted by molar-refractivity contribution is -0.144. The van der Waals surface area contributed by atoms with Gasteiger partial charge >= 0.3 is 11.9 Å². The molecule has 140 valence electrons. The predicted molar refractivity (Wildman–Crippen MR) is 98.5 cm³/mol. The Morgan fingerprint density at radius 1 is 0.840 bits per heavy atom. The summed E-state index contributed by atoms with van der Waals surface area (Å²) in [6.07, 6.45) is 3.56. The second-order valence-electron chi connectivity index (χ2n) is 6.08. The number of nitrogens with zero attached hydrogens (tertiary/aromatic N) is 1. The van der Waals surface area contributed by atoms with Crippen molar-refractivity contribution in [1.82, 2.24) is 4.90 Å². The van der Waals surface area contributed by atoms with Gasteiger partial charge in [-0.15, -0.1) is 0 Å². The summed E-state index contributed by atoms with van der Waals surface area (Å²) in [5.74, 6) is -0.258. The molecule has 0 radical (unpaired) electrons. The van der Waals surface area contributed by atoms with Crippen LogP contribution in [0.4, 0.5) is 0 Å². The van der Waals surface area contributed by atoms with Gasteiger partial charge in [0, 0.05) is 19.5 Å². The molecule has 5 nitrogen and oxygen atoms in total. The molecule has 0 atom stereocenters. The Kier molecular flexibility index (Phi) is 10.6. The Labute approximate surface area is 151 Å². The van der Waals surface area contributed by atoms with Crippen molar-refractivity contribution in [2.75, 3.05) is 33.4 Å². The Hall–Kier alpha value is -1.88. The van der Waals surface area contributed by atoms with E-state index in [4.69, 9.17) is 9.47 Å². The first-order valence-corrected chi connectivity index (χ1v) is 9.12. The standard InChI is InChI=1S/C20H31NO4/c1-4-24-19(22)8-6-7-17-9-11-18(12-10-17)13-15-21(3)16-14-20(23)25-5-2/h9-12H,4-8,13-16H2,1-3H3. The van der Waals surface area contributed by atoms with Crippen molar-refractivity contribution in [3.63, 3.8) is 0 Å². The van der Waals surface area contributed by atoms with Crippen LogP contribution < -0.4 is 0 Å². The number of carbonyl (C=O) groups is 2. The van der Waals surface area contributed by atoms with Gasteiger partial charge in [-0.05, 0) is 51.3 Å². The van der Waals surface area contributed by atoms with Gasteiger partial charge in [-0.1, -0.05) is 24.3 Å². The first-order valence-electron chi connectivity index (χ1n) is 9.12. The highest BCUT2D eigenvalue weighted by Crippen LogP contribution is 2.09. The van der Waals surface area contributed by atoms with Crippen LogP contribution in [0.3, 0.4) is 0 Å². The molecule has 1 aromatic carbocycles. The molecular weight excluding hydrogens is 318 g/mol. The molecule has 0 saturated heterocycles. The summed E-state index contributed by atoms with van der Waals surface area (Å²) in [4.78, 5) is 24.8. The average molecular weight is 349 g/mol. The molecule has 1 aromatic rings. The van der Waals surface area contributed by atoms with Gasteiger partial charge in [-0.25, -0.2) is 0 Å². The monoisotopic (exact) mass is 349 g/mol. The molecule has 0 aliphatic rings. The Balaban J connectivity index is 2.25. The van der Waals surface area contributed by atoms with Crippen molar-refractivity contribution >= 4 is 11.9 Å². The largest absolute Gasteiger partial charge is 0.466 e. The van der Waals surface area contributed by atoms with Crippen molar-refractivity contribution in [2.45, 2.75) is 46.0 Å². The van der Waals surface area contributed by atoms with Crippen LogP contribution in [0, 0.1) is 0 Å². The van der Waals surface area contributed by atoms with Gasteiger partial charge in [0.15, 0.2) is 0 Å². The topological polar surface area (TPSA) is 55.8 Å². The number of esters is 2. The third-order valence-electron chi connectivity index (χ3n) is 3.96. The lowest BCUT2D eigenvalue weighted by atomic mass is 10.0. The SMILES string of the molecule is CCOC(=O)CCCc1ccc(CCN(C)CCC(=O)OCC)cc1. The highest BCUT2D eigenvalue weighted by Gasteiger charge is 2.06. The molecule has 1 rings (SSSR count). The molecule has 0 aliphatic carbocycles. The van der Waals surface area contributed by atoms with Gasteiger partial charge in [0.25, 0.3) is 0 Å². The molecule has 0 unspecified atom stereocenters. The number of likely N-dealkylation sites (N-methyl/N-ethyl adjacent to an activating group) is 1. The molecule has 0 aliphatic heterocycles. The van der Waals surface area contributed by atoms with Gasteiger partial charge in [0.05, 0.1) is 19.6 Å². The number of hydrogen-bond donors (Lipinski definition) is 0. The Morgan fingerprint density at radius 2 is 1.36 bits per heavy atom. The molecule has 0 spiro atoms. The third-order valence-corrected chi connectivity index (χ3v) is 3.96. The van der Waals surface area contributed by atoms with E-state index in [9.17, 15) is 9.59 Å². The van der Waals surface area contributed by atoms with Crippen molar-refractivity contribution in [2.24, 2.45) is 0 Å². The molecule has 0 saturated carbocycles. The lowest BCUT2D eigenvalue weighted by Crippen LogP contribution is -2.24. The van der Waals surface area contributed by atoms with Gasteiger partial charge in [0.2, 0.25) is 0 Å². The highest BCUT2D eigenvalue weighted by molar-refractivity contribution is 5.69. The zero-order chi connectivity index (χ0) is 18.5. The summed E-state index contributed by atoms with van der Waals surface area (Å²) in [5.41, 5.74) is 2.51. The number of rotatable bonds is 12. The fourth-order valence-electron chi connectivity index (χ4n) is 2.49. The van der Waals surface area contributed by atoms with E-state index >= 15 is 0 Å². The fraction of sp³-hybridized carbons (Fsp3) is 0.600. The Morgan fingerprint density at radius 3 is 1.92 bits per heavy atom. The summed E-state index contributed by atoms with van der Waals surface area (Å²) in [6, 6.07) is 8.52. The molecule has 0 N–H and O–H groups in total. The van der Waals surface area contributed by atoms with Crippen LogP contribution in [0.25, 0.3) is 0 Å². The van der Waals surface area contributed by atoms with E-state index in [2.05, 4.69) is 29.2 Å². The van der Waals surface area contributed by atoms with Crippen molar-refractivity contribution in [1.29, 1.82) is 0 Å². The van der Waals surface area contributed by atoms with Crippen molar-refractivity contribution in [3.05, 3.63) is 35.4 Å². The second kappa shape index (κ2) is 12.5. The van der Waals surface area contributed by atoms with Crippen molar-refractivity contribution in [3.8, 4) is 0 Å². The smallest absolute Gasteiger partial charge is 0.307 e. The number of carbonyl (C=O) groups excluding carboxylic acids is 2. The number of benzene rings is 1. The summed E-state index contributed by atoms with van der Waals surface area (Å²) >= 11 is 0. The highest BCUT2D eigenvalue weighted by atomic mass is 16.5. The first-order chi connectivity index (χ1) is 12.0. The average Bonchev–Trinajstić information content (AvgIpc) is 2.60. The van der Waals surface area contributed by atoms with E-state index in [-0.39, 0.29) is 11.9 Å². The van der Waals surface area contributed by atoms with Gasteiger partial charge in [0.1, 0.15) is 0 Å². The van der Waals surface area contributed by atoms with Crippen LogP contribution in [0.2, 0.25) is 0 Å². The van der Waals surface area contributed by atoms with E-state index in [1.54, 1.807) is 0 Å². The summed E-state index contributed by atoms with van der Waals surface area (Å²) < 4.78 is 9.86. The summed E-state index contributed by atoms with van der Waals surface area (Å²) in [5, 5.41) is 0. The predicted octanol–water partition coefficient (Wildman–Crippen LogP) is 3.00. The van der Waals surface area contributed by atoms with Crippen LogP contribution >= 0.6 is 0 Å². The quantitative estimate of drug-likeness (QED) is 0.543. The van der Waals surface area contributed by atoms with E-state index in [0.29, 0.717) is 32.6 Å². The molecule has 0 amide bonds. The minimum absolute atomic E-state index is 0.120. The molecule has 5 heteroatoms. The van der Waals surface area contributed by atoms with Gasteiger partial charge in [-0.2, -0.15) is 0 Å². The third kappa shape index (κ3) is 9.87. The number of ether oxygens (including phenoxy) is 2. The van der Waals surface area contributed by atoms with E-state index in [1.807, 2.05) is 20.9 Å². The molecule has 0 bridgehead atoms. The lowest BCUT2D eigenvalue weighted by Gasteiger charge is -2.16. The summed E-state index contributed by atoms with van der Waals surface area (Å²) in [7, 11) is 2.02. The molecule has 0 heterocycles. The van der Waals surface area contributed by atoms with E-state index in [0.717, 1.165) is 25.8 Å². The molecular formula is C20H31NO4. The van der Waals surface area contributed by atoms with E-state index in [1.165, 1.54) is 11.1 Å². The zero-order valence-corrected chi connectivity index (χ0v) is 15.8. The van der Waals surface area contributed by atoms with E-state index < -0.39 is 0 Å². The normalized spacial score (nSPS) is 10.7. The van der Waals surface area contributed by atoms with Crippen LogP contribution in [0.5, 0.6) is 0 Å². The first kappa shape index (κ1) is 21.2. The molecule has 0 fully saturated rings. The van der Waals surface area contributed by atoms with Crippen LogP contribution in [0.15, 0.2) is 24.3 Å². The fourth-order valence-corrected chi connectivity index (χ4v) is 2.49.